The van der Waals surface area contributed by atoms with Crippen LogP contribution in [0.3, 0.4) is 0 Å². The van der Waals surface area contributed by atoms with Crippen molar-refractivity contribution < 1.29 is 42.7 Å². The lowest BCUT2D eigenvalue weighted by atomic mass is 9.93. The summed E-state index contributed by atoms with van der Waals surface area (Å²) in [4.78, 5) is 13.5. The average molecular weight is 1690 g/mol. The second-order valence-corrected chi connectivity index (χ2v) is 43.0. The van der Waals surface area contributed by atoms with Crippen molar-refractivity contribution in [2.45, 2.75) is 449 Å². The summed E-state index contributed by atoms with van der Waals surface area (Å²) in [5.74, 6) is 16.5. The molecule has 121 heavy (non-hydrogen) atoms. The summed E-state index contributed by atoms with van der Waals surface area (Å²) < 4.78 is 56.0. The molecule has 0 bridgehead atoms. The van der Waals surface area contributed by atoms with Gasteiger partial charge in [0.05, 0.1) is 39.6 Å². The van der Waals surface area contributed by atoms with Crippen LogP contribution in [0.4, 0.5) is 0 Å². The molecule has 0 fully saturated rings. The van der Waals surface area contributed by atoms with Gasteiger partial charge in [-0.15, -0.1) is 0 Å². The number of benzene rings is 3. The molecule has 12 atom stereocenters. The van der Waals surface area contributed by atoms with E-state index in [1.165, 1.54) is 231 Å². The molecular formula is C111H199NO9. The molecule has 3 aromatic rings. The van der Waals surface area contributed by atoms with Gasteiger partial charge in [0.2, 0.25) is 17.4 Å². The molecule has 0 radical (unpaired) electrons. The maximum Gasteiger partial charge on any atom is 0.248 e. The third-order valence-electron chi connectivity index (χ3n) is 26.7. The lowest BCUT2D eigenvalue weighted by Gasteiger charge is -2.23. The second-order valence-electron chi connectivity index (χ2n) is 43.0. The molecule has 0 saturated carbocycles. The Hall–Kier alpha value is -4.47. The maximum absolute atomic E-state index is 13.5. The summed E-state index contributed by atoms with van der Waals surface area (Å²) in [7, 11) is 0. The zero-order valence-electron chi connectivity index (χ0n) is 84.0. The highest BCUT2D eigenvalue weighted by molar-refractivity contribution is 5.93. The third-order valence-corrected chi connectivity index (χ3v) is 26.7. The molecule has 0 aromatic heterocycles. The minimum absolute atomic E-state index is 0.138. The number of ether oxygens (including phenoxy) is 8. The first-order valence-corrected chi connectivity index (χ1v) is 51.5. The molecule has 3 rings (SSSR count). The molecule has 0 spiro atoms. The monoisotopic (exact) mass is 1690 g/mol. The van der Waals surface area contributed by atoms with E-state index in [2.05, 4.69) is 190 Å². The van der Waals surface area contributed by atoms with E-state index < -0.39 is 5.91 Å². The molecule has 10 nitrogen and oxygen atoms in total. The molecule has 12 unspecified atom stereocenters. The van der Waals surface area contributed by atoms with Crippen molar-refractivity contribution >= 4 is 5.91 Å². The number of carbonyl (C=O) groups is 1. The first kappa shape index (κ1) is 111. The van der Waals surface area contributed by atoms with E-state index in [0.29, 0.717) is 127 Å². The van der Waals surface area contributed by atoms with E-state index in [1.807, 2.05) is 6.07 Å². The van der Waals surface area contributed by atoms with Crippen molar-refractivity contribution in [2.24, 2.45) is 112 Å². The van der Waals surface area contributed by atoms with Crippen LogP contribution in [0.25, 0.3) is 0 Å². The predicted octanol–water partition coefficient (Wildman–Crippen LogP) is 34.2. The van der Waals surface area contributed by atoms with Crippen molar-refractivity contribution in [3.05, 3.63) is 59.2 Å². The van der Waals surface area contributed by atoms with Gasteiger partial charge in [-0.05, 0) is 181 Å². The minimum atomic E-state index is -0.570. The SMILES string of the molecule is CC(C)CCCC(C)CCCC(C)CCOc1ccc(COc2cc(OCc3ccc(OCCC(C)CCCC(C)CCCC(C)C)c(OCCC(C)CCCC(C)CCCC(C)C)c3OCCC(C)CCCC(C)CCCC(C)C)cc(C(N)=O)c2)c(OCCC(C)CCCC(C)CCCC(C)C)c1OCCC(C)CCCC(C)CCCC(C)C. The largest absolute Gasteiger partial charge is 0.490 e. The Bertz CT molecular complexity index is 2820. The topological polar surface area (TPSA) is 117 Å². The van der Waals surface area contributed by atoms with Crippen LogP contribution in [0.5, 0.6) is 46.0 Å². The highest BCUT2D eigenvalue weighted by Gasteiger charge is 2.25. The fraction of sp³-hybridized carbons (Fsp3) is 0.829. The van der Waals surface area contributed by atoms with Gasteiger partial charge >= 0.3 is 0 Å². The van der Waals surface area contributed by atoms with Crippen LogP contribution in [-0.2, 0) is 13.2 Å². The fourth-order valence-electron chi connectivity index (χ4n) is 17.5. The number of carbonyl (C=O) groups excluding carboxylic acids is 1. The van der Waals surface area contributed by atoms with Crippen molar-refractivity contribution in [3.63, 3.8) is 0 Å². The van der Waals surface area contributed by atoms with Gasteiger partial charge in [0, 0.05) is 22.8 Å². The highest BCUT2D eigenvalue weighted by atomic mass is 16.6. The zero-order valence-corrected chi connectivity index (χ0v) is 84.0. The number of amides is 1. The molecular weight excluding hydrogens is 1490 g/mol. The molecule has 3 aromatic carbocycles. The zero-order chi connectivity index (χ0) is 89.3. The van der Waals surface area contributed by atoms with E-state index in [9.17, 15) is 4.79 Å². The Labute approximate surface area is 750 Å². The molecule has 10 heteroatoms. The summed E-state index contributed by atoms with van der Waals surface area (Å²) in [6.45, 7) is 60.6. The normalized spacial score (nSPS) is 15.1. The molecule has 0 heterocycles. The molecule has 0 aliphatic rings. The Morgan fingerprint density at radius 3 is 0.603 bits per heavy atom. The number of primary amides is 1. The second kappa shape index (κ2) is 66.9. The summed E-state index contributed by atoms with van der Waals surface area (Å²) in [6.07, 6.45) is 51.4. The third kappa shape index (κ3) is 55.7. The lowest BCUT2D eigenvalue weighted by Crippen LogP contribution is -2.13. The summed E-state index contributed by atoms with van der Waals surface area (Å²) >= 11 is 0. The fourth-order valence-corrected chi connectivity index (χ4v) is 17.5. The van der Waals surface area contributed by atoms with E-state index in [0.717, 1.165) is 121 Å². The molecule has 2 N–H and O–H groups in total. The van der Waals surface area contributed by atoms with Gasteiger partial charge in [-0.2, -0.15) is 0 Å². The Kier molecular flexibility index (Phi) is 61.2. The van der Waals surface area contributed by atoms with Gasteiger partial charge < -0.3 is 43.6 Å². The first-order chi connectivity index (χ1) is 57.8. The van der Waals surface area contributed by atoms with Gasteiger partial charge in [-0.25, -0.2) is 0 Å². The number of hydrogen-bond donors (Lipinski definition) is 1. The van der Waals surface area contributed by atoms with Crippen molar-refractivity contribution in [2.75, 3.05) is 39.6 Å². The standard InChI is InChI=1S/C111H199NO9/c1-82(2)37-25-43-88(13)49-31-55-94(19)65-71-114-105-63-61-100(107(116-73-67-96(21)57-33-51-90(15)45-27-39-84(5)6)109(105)118-75-69-98(23)59-35-53-92(17)47-29-41-86(9)10)80-120-103-77-102(111(112)113)78-104(79-103)121-81-101-62-64-106(115-72-66-95(20)56-32-50-89(14)44-26-38-83(3)4)110(119-76-70-99(24)60-36-54-93(18)48-30-42-87(11)12)108(101)117-74-68-97(22)58-34-52-91(16)46-28-40-85(7)8/h61-64,77-79,82-99H,25-60,65-76,80-81H2,1-24H3,(H2,112,113). The summed E-state index contributed by atoms with van der Waals surface area (Å²) in [6, 6.07) is 13.7. The van der Waals surface area contributed by atoms with Crippen LogP contribution in [0.1, 0.15) is 457 Å². The van der Waals surface area contributed by atoms with Crippen LogP contribution in [0.15, 0.2) is 42.5 Å². The van der Waals surface area contributed by atoms with Gasteiger partial charge in [-0.1, -0.05) is 397 Å². The van der Waals surface area contributed by atoms with E-state index in [-0.39, 0.29) is 13.2 Å². The lowest BCUT2D eigenvalue weighted by molar-refractivity contribution is 0.0999. The maximum atomic E-state index is 13.5. The Morgan fingerprint density at radius 1 is 0.223 bits per heavy atom. The number of rotatable bonds is 79. The van der Waals surface area contributed by atoms with Gasteiger partial charge in [0.1, 0.15) is 24.7 Å². The van der Waals surface area contributed by atoms with E-state index >= 15 is 0 Å². The molecule has 1 amide bonds. The van der Waals surface area contributed by atoms with Crippen molar-refractivity contribution in [3.8, 4) is 46.0 Å². The average Bonchev–Trinajstić information content (AvgIpc) is 0.815. The Morgan fingerprint density at radius 2 is 0.405 bits per heavy atom. The first-order valence-electron chi connectivity index (χ1n) is 51.5. The van der Waals surface area contributed by atoms with Gasteiger partial charge in [0.25, 0.3) is 0 Å². The number of nitrogens with two attached hydrogens (primary N) is 1. The molecule has 702 valence electrons. The van der Waals surface area contributed by atoms with Crippen LogP contribution in [0.2, 0.25) is 0 Å². The Balaban J connectivity index is 2.13. The van der Waals surface area contributed by atoms with E-state index in [4.69, 9.17) is 43.6 Å². The van der Waals surface area contributed by atoms with E-state index in [1.54, 1.807) is 12.1 Å². The predicted molar refractivity (Wildman–Crippen MR) is 522 cm³/mol. The molecule has 0 aliphatic heterocycles. The minimum Gasteiger partial charge on any atom is -0.490 e. The van der Waals surface area contributed by atoms with Crippen LogP contribution < -0.4 is 43.6 Å². The smallest absolute Gasteiger partial charge is 0.248 e. The van der Waals surface area contributed by atoms with Crippen LogP contribution >= 0.6 is 0 Å². The van der Waals surface area contributed by atoms with Crippen LogP contribution in [-0.4, -0.2) is 45.5 Å². The molecule has 0 aliphatic carbocycles. The summed E-state index contributed by atoms with van der Waals surface area (Å²) in [5.41, 5.74) is 8.22. The quantitative estimate of drug-likeness (QED) is 0.0590. The number of hydrogen-bond acceptors (Lipinski definition) is 9. The van der Waals surface area contributed by atoms with Crippen molar-refractivity contribution in [1.82, 2.24) is 0 Å². The summed E-state index contributed by atoms with van der Waals surface area (Å²) in [5, 5.41) is 0. The van der Waals surface area contributed by atoms with Gasteiger partial charge in [0.15, 0.2) is 23.0 Å². The molecule has 0 saturated heterocycles. The van der Waals surface area contributed by atoms with Gasteiger partial charge in [-0.3, -0.25) is 4.79 Å². The van der Waals surface area contributed by atoms with Crippen molar-refractivity contribution in [1.29, 1.82) is 0 Å². The highest BCUT2D eigenvalue weighted by Crippen LogP contribution is 2.45. The van der Waals surface area contributed by atoms with Crippen LogP contribution in [0, 0.1) is 107 Å².